The Balaban J connectivity index is 2.11. The molecule has 2 N–H and O–H groups in total. The fraction of sp³-hybridized carbons (Fsp3) is 0.818. The van der Waals surface area contributed by atoms with E-state index < -0.39 is 0 Å². The van der Waals surface area contributed by atoms with Gasteiger partial charge in [0.05, 0.1) is 0 Å². The van der Waals surface area contributed by atoms with E-state index in [0.717, 1.165) is 17.5 Å². The van der Waals surface area contributed by atoms with Crippen molar-refractivity contribution in [1.82, 2.24) is 14.8 Å². The molecule has 0 aliphatic carbocycles. The maximum atomic E-state index is 5.69. The molecule has 0 saturated heterocycles. The molecular weight excluding hydrogens is 220 g/mol. The van der Waals surface area contributed by atoms with E-state index in [9.17, 15) is 0 Å². The normalized spacial score (nSPS) is 12.0. The summed E-state index contributed by atoms with van der Waals surface area (Å²) >= 11 is 1.77. The lowest BCUT2D eigenvalue weighted by Gasteiger charge is -2.21. The van der Waals surface area contributed by atoms with Gasteiger partial charge < -0.3 is 10.3 Å². The molecule has 5 heteroatoms. The molecular formula is C11H22N4S. The predicted molar refractivity (Wildman–Crippen MR) is 68.4 cm³/mol. The third-order valence-electron chi connectivity index (χ3n) is 2.70. The summed E-state index contributed by atoms with van der Waals surface area (Å²) in [6.07, 6.45) is 5.37. The van der Waals surface area contributed by atoms with Crippen molar-refractivity contribution in [3.8, 4) is 0 Å². The van der Waals surface area contributed by atoms with Crippen LogP contribution < -0.4 is 5.73 Å². The second-order valence-corrected chi connectivity index (χ2v) is 5.96. The number of aromatic nitrogens is 3. The topological polar surface area (TPSA) is 56.7 Å². The molecule has 16 heavy (non-hydrogen) atoms. The molecule has 0 aromatic carbocycles. The Hall–Kier alpha value is -0.550. The summed E-state index contributed by atoms with van der Waals surface area (Å²) in [5.74, 6) is 1.10. The zero-order valence-electron chi connectivity index (χ0n) is 10.4. The molecule has 0 aliphatic heterocycles. The first-order chi connectivity index (χ1) is 7.55. The summed E-state index contributed by atoms with van der Waals surface area (Å²) in [6.45, 7) is 5.22. The van der Waals surface area contributed by atoms with Gasteiger partial charge in [-0.2, -0.15) is 0 Å². The van der Waals surface area contributed by atoms with Crippen LogP contribution in [0.15, 0.2) is 11.5 Å². The highest BCUT2D eigenvalue weighted by molar-refractivity contribution is 7.99. The van der Waals surface area contributed by atoms with Gasteiger partial charge in [0.1, 0.15) is 6.33 Å². The summed E-state index contributed by atoms with van der Waals surface area (Å²) in [5.41, 5.74) is 5.98. The van der Waals surface area contributed by atoms with E-state index in [1.165, 1.54) is 19.3 Å². The zero-order valence-corrected chi connectivity index (χ0v) is 11.3. The molecule has 0 spiro atoms. The molecule has 0 amide bonds. The average Bonchev–Trinajstić information content (AvgIpc) is 2.64. The highest BCUT2D eigenvalue weighted by Gasteiger charge is 2.14. The maximum absolute atomic E-state index is 5.69. The minimum absolute atomic E-state index is 0.287. The van der Waals surface area contributed by atoms with Crippen LogP contribution in [0.3, 0.4) is 0 Å². The van der Waals surface area contributed by atoms with E-state index in [1.807, 2.05) is 11.6 Å². The number of hydrogen-bond acceptors (Lipinski definition) is 4. The van der Waals surface area contributed by atoms with Crippen molar-refractivity contribution in [3.63, 3.8) is 0 Å². The molecule has 0 saturated carbocycles. The van der Waals surface area contributed by atoms with E-state index >= 15 is 0 Å². The smallest absolute Gasteiger partial charge is 0.190 e. The van der Waals surface area contributed by atoms with Crippen molar-refractivity contribution in [3.05, 3.63) is 6.33 Å². The lowest BCUT2D eigenvalue weighted by Crippen LogP contribution is -2.23. The second-order valence-electron chi connectivity index (χ2n) is 4.90. The highest BCUT2D eigenvalue weighted by Crippen LogP contribution is 2.23. The van der Waals surface area contributed by atoms with Crippen molar-refractivity contribution >= 4 is 11.8 Å². The SMILES string of the molecule is Cn1cnnc1SCCCCC(C)(C)CN. The van der Waals surface area contributed by atoms with Crippen molar-refractivity contribution in [2.45, 2.75) is 38.3 Å². The van der Waals surface area contributed by atoms with E-state index in [4.69, 9.17) is 5.73 Å². The van der Waals surface area contributed by atoms with Crippen LogP contribution in [0, 0.1) is 5.41 Å². The van der Waals surface area contributed by atoms with Crippen LogP contribution in [-0.2, 0) is 7.05 Å². The molecule has 1 rings (SSSR count). The summed E-state index contributed by atoms with van der Waals surface area (Å²) < 4.78 is 1.95. The van der Waals surface area contributed by atoms with E-state index in [1.54, 1.807) is 18.1 Å². The summed E-state index contributed by atoms with van der Waals surface area (Å²) in [4.78, 5) is 0. The zero-order chi connectivity index (χ0) is 12.0. The Morgan fingerprint density at radius 3 is 2.75 bits per heavy atom. The lowest BCUT2D eigenvalue weighted by atomic mass is 9.88. The maximum Gasteiger partial charge on any atom is 0.190 e. The summed E-state index contributed by atoms with van der Waals surface area (Å²) in [6, 6.07) is 0. The Kier molecular flexibility index (Phi) is 5.28. The predicted octanol–water partition coefficient (Wildman–Crippen LogP) is 2.06. The van der Waals surface area contributed by atoms with Gasteiger partial charge in [0.15, 0.2) is 5.16 Å². The lowest BCUT2D eigenvalue weighted by molar-refractivity contribution is 0.336. The Morgan fingerprint density at radius 1 is 1.44 bits per heavy atom. The molecule has 1 aromatic heterocycles. The van der Waals surface area contributed by atoms with E-state index in [-0.39, 0.29) is 5.41 Å². The first kappa shape index (κ1) is 13.5. The van der Waals surface area contributed by atoms with Crippen LogP contribution in [0.1, 0.15) is 33.1 Å². The fourth-order valence-corrected chi connectivity index (χ4v) is 2.26. The van der Waals surface area contributed by atoms with Crippen LogP contribution in [-0.4, -0.2) is 27.1 Å². The minimum Gasteiger partial charge on any atom is -0.330 e. The van der Waals surface area contributed by atoms with Gasteiger partial charge in [-0.1, -0.05) is 32.0 Å². The van der Waals surface area contributed by atoms with Crippen LogP contribution in [0.2, 0.25) is 0 Å². The van der Waals surface area contributed by atoms with Crippen molar-refractivity contribution in [1.29, 1.82) is 0 Å². The quantitative estimate of drug-likeness (QED) is 0.587. The van der Waals surface area contributed by atoms with Gasteiger partial charge in [-0.15, -0.1) is 10.2 Å². The van der Waals surface area contributed by atoms with Crippen LogP contribution in [0.5, 0.6) is 0 Å². The Morgan fingerprint density at radius 2 is 2.19 bits per heavy atom. The van der Waals surface area contributed by atoms with Gasteiger partial charge in [0.25, 0.3) is 0 Å². The standard InChI is InChI=1S/C11H22N4S/c1-11(2,8-12)6-4-5-7-16-10-14-13-9-15(10)3/h9H,4-8,12H2,1-3H3. The molecule has 0 aliphatic rings. The van der Waals surface area contributed by atoms with E-state index in [0.29, 0.717) is 0 Å². The van der Waals surface area contributed by atoms with Gasteiger partial charge in [0, 0.05) is 12.8 Å². The summed E-state index contributed by atoms with van der Waals surface area (Å²) in [7, 11) is 1.97. The third kappa shape index (κ3) is 4.53. The first-order valence-electron chi connectivity index (χ1n) is 5.72. The van der Waals surface area contributed by atoms with Crippen molar-refractivity contribution in [2.75, 3.05) is 12.3 Å². The first-order valence-corrected chi connectivity index (χ1v) is 6.70. The fourth-order valence-electron chi connectivity index (χ4n) is 1.37. The molecule has 0 radical (unpaired) electrons. The number of rotatable bonds is 7. The molecule has 0 fully saturated rings. The van der Waals surface area contributed by atoms with Gasteiger partial charge in [0.2, 0.25) is 0 Å². The third-order valence-corrected chi connectivity index (χ3v) is 3.82. The van der Waals surface area contributed by atoms with Gasteiger partial charge in [-0.25, -0.2) is 0 Å². The monoisotopic (exact) mass is 242 g/mol. The van der Waals surface area contributed by atoms with Crippen molar-refractivity contribution < 1.29 is 0 Å². The number of nitrogens with zero attached hydrogens (tertiary/aromatic N) is 3. The Labute approximate surface area is 102 Å². The number of nitrogens with two attached hydrogens (primary N) is 1. The number of aryl methyl sites for hydroxylation is 1. The minimum atomic E-state index is 0.287. The molecule has 1 aromatic rings. The largest absolute Gasteiger partial charge is 0.330 e. The van der Waals surface area contributed by atoms with Gasteiger partial charge in [-0.05, 0) is 24.8 Å². The highest BCUT2D eigenvalue weighted by atomic mass is 32.2. The van der Waals surface area contributed by atoms with Gasteiger partial charge in [-0.3, -0.25) is 0 Å². The van der Waals surface area contributed by atoms with Crippen LogP contribution in [0.25, 0.3) is 0 Å². The average molecular weight is 242 g/mol. The molecule has 0 atom stereocenters. The molecule has 0 bridgehead atoms. The van der Waals surface area contributed by atoms with E-state index in [2.05, 4.69) is 24.0 Å². The number of thioether (sulfide) groups is 1. The van der Waals surface area contributed by atoms with Crippen molar-refractivity contribution in [2.24, 2.45) is 18.2 Å². The molecule has 4 nitrogen and oxygen atoms in total. The molecule has 0 unspecified atom stereocenters. The van der Waals surface area contributed by atoms with Crippen LogP contribution in [0.4, 0.5) is 0 Å². The molecule has 1 heterocycles. The van der Waals surface area contributed by atoms with Crippen LogP contribution >= 0.6 is 11.8 Å². The molecule has 92 valence electrons. The van der Waals surface area contributed by atoms with Gasteiger partial charge >= 0.3 is 0 Å². The number of hydrogen-bond donors (Lipinski definition) is 1. The summed E-state index contributed by atoms with van der Waals surface area (Å²) in [5, 5.41) is 8.88. The number of unbranched alkanes of at least 4 members (excludes halogenated alkanes) is 1. The second kappa shape index (κ2) is 6.25. The Bertz CT molecular complexity index is 309.